The van der Waals surface area contributed by atoms with Gasteiger partial charge in [0.15, 0.2) is 0 Å². The van der Waals surface area contributed by atoms with Crippen LogP contribution in [0.3, 0.4) is 0 Å². The summed E-state index contributed by atoms with van der Waals surface area (Å²) in [6.07, 6.45) is -0.197. The lowest BCUT2D eigenvalue weighted by atomic mass is 10.1. The summed E-state index contributed by atoms with van der Waals surface area (Å²) in [5.41, 5.74) is 0.915. The van der Waals surface area contributed by atoms with E-state index >= 15 is 0 Å². The van der Waals surface area contributed by atoms with Crippen molar-refractivity contribution < 1.29 is 9.53 Å². The Kier molecular flexibility index (Phi) is 4.94. The number of thiophene rings is 1. The van der Waals surface area contributed by atoms with Gasteiger partial charge in [0.05, 0.1) is 0 Å². The van der Waals surface area contributed by atoms with Crippen LogP contribution in [-0.4, -0.2) is 46.7 Å². The van der Waals surface area contributed by atoms with Gasteiger partial charge in [0.1, 0.15) is 5.60 Å². The number of carbonyl (C=O) groups excluding carboxylic acids is 1. The van der Waals surface area contributed by atoms with Crippen molar-refractivity contribution in [2.45, 2.75) is 58.8 Å². The fraction of sp³-hybridized carbons (Fsp3) is 0.688. The number of amides is 1. The molecule has 1 aromatic rings. The van der Waals surface area contributed by atoms with Gasteiger partial charge >= 0.3 is 6.09 Å². The minimum atomic E-state index is -0.437. The van der Waals surface area contributed by atoms with Crippen molar-refractivity contribution in [3.8, 4) is 0 Å². The first-order valence-corrected chi connectivity index (χ1v) is 8.45. The van der Waals surface area contributed by atoms with Crippen LogP contribution in [0.2, 0.25) is 0 Å². The van der Waals surface area contributed by atoms with E-state index in [1.54, 1.807) is 11.3 Å². The van der Waals surface area contributed by atoms with E-state index in [0.29, 0.717) is 6.04 Å². The molecular formula is C16H26N2O2S. The van der Waals surface area contributed by atoms with E-state index in [0.717, 1.165) is 19.6 Å². The lowest BCUT2D eigenvalue weighted by Gasteiger charge is -2.44. The Hall–Kier alpha value is -1.07. The van der Waals surface area contributed by atoms with Crippen LogP contribution in [0.5, 0.6) is 0 Å². The molecule has 0 spiro atoms. The number of ether oxygens (including phenoxy) is 1. The predicted octanol–water partition coefficient (Wildman–Crippen LogP) is 3.58. The molecule has 2 rings (SSSR count). The molecule has 5 heteroatoms. The van der Waals surface area contributed by atoms with E-state index in [-0.39, 0.29) is 12.1 Å². The zero-order valence-electron chi connectivity index (χ0n) is 13.6. The molecule has 1 aromatic heterocycles. The molecule has 1 aliphatic rings. The third kappa shape index (κ3) is 4.45. The Bertz CT molecular complexity index is 467. The Morgan fingerprint density at radius 3 is 2.62 bits per heavy atom. The number of piperazine rings is 1. The average Bonchev–Trinajstić information content (AvgIpc) is 2.84. The van der Waals surface area contributed by atoms with Gasteiger partial charge < -0.3 is 9.64 Å². The molecule has 4 nitrogen and oxygen atoms in total. The lowest BCUT2D eigenvalue weighted by Crippen LogP contribution is -2.58. The summed E-state index contributed by atoms with van der Waals surface area (Å²) in [6, 6.07) is 2.69. The van der Waals surface area contributed by atoms with Crippen LogP contribution in [0.25, 0.3) is 0 Å². The molecule has 0 bridgehead atoms. The molecule has 0 aromatic carbocycles. The van der Waals surface area contributed by atoms with Crippen LogP contribution in [0.15, 0.2) is 16.8 Å². The smallest absolute Gasteiger partial charge is 0.410 e. The van der Waals surface area contributed by atoms with Gasteiger partial charge in [0, 0.05) is 31.7 Å². The van der Waals surface area contributed by atoms with Gasteiger partial charge in [-0.15, -0.1) is 0 Å². The van der Waals surface area contributed by atoms with Gasteiger partial charge in [-0.1, -0.05) is 0 Å². The zero-order valence-corrected chi connectivity index (χ0v) is 14.4. The van der Waals surface area contributed by atoms with Gasteiger partial charge in [-0.05, 0) is 57.0 Å². The van der Waals surface area contributed by atoms with Gasteiger partial charge in [-0.3, -0.25) is 4.90 Å². The normalized spacial score (nSPS) is 24.1. The highest BCUT2D eigenvalue weighted by atomic mass is 32.1. The summed E-state index contributed by atoms with van der Waals surface area (Å²) in [5.74, 6) is 0. The molecule has 1 saturated heterocycles. The number of hydrogen-bond acceptors (Lipinski definition) is 4. The standard InChI is InChI=1S/C16H26N2O2S/c1-12-9-18(15(19)20-16(3,4)5)13(2)8-17(12)10-14-6-7-21-11-14/h6-7,11-13H,8-10H2,1-5H3/t12-,13?/m0/s1. The maximum atomic E-state index is 12.3. The summed E-state index contributed by atoms with van der Waals surface area (Å²) in [5, 5.41) is 4.30. The van der Waals surface area contributed by atoms with Gasteiger partial charge in [-0.2, -0.15) is 11.3 Å². The van der Waals surface area contributed by atoms with Crippen molar-refractivity contribution in [1.82, 2.24) is 9.80 Å². The van der Waals surface area contributed by atoms with Gasteiger partial charge in [-0.25, -0.2) is 4.79 Å². The number of hydrogen-bond donors (Lipinski definition) is 0. The van der Waals surface area contributed by atoms with Gasteiger partial charge in [0.25, 0.3) is 0 Å². The van der Waals surface area contributed by atoms with Crippen molar-refractivity contribution in [2.24, 2.45) is 0 Å². The molecule has 1 aliphatic heterocycles. The molecule has 0 N–H and O–H groups in total. The second kappa shape index (κ2) is 6.36. The SMILES string of the molecule is CC1CN(Cc2ccsc2)[C@@H](C)CN1C(=O)OC(C)(C)C. The molecule has 1 amide bonds. The Morgan fingerprint density at radius 1 is 1.33 bits per heavy atom. The minimum absolute atomic E-state index is 0.176. The quantitative estimate of drug-likeness (QED) is 0.837. The Balaban J connectivity index is 1.96. The lowest BCUT2D eigenvalue weighted by molar-refractivity contribution is -0.0116. The highest BCUT2D eigenvalue weighted by molar-refractivity contribution is 7.07. The van der Waals surface area contributed by atoms with Crippen molar-refractivity contribution in [3.63, 3.8) is 0 Å². The van der Waals surface area contributed by atoms with Crippen molar-refractivity contribution >= 4 is 17.4 Å². The zero-order chi connectivity index (χ0) is 15.6. The van der Waals surface area contributed by atoms with Crippen LogP contribution in [0, 0.1) is 0 Å². The summed E-state index contributed by atoms with van der Waals surface area (Å²) in [6.45, 7) is 12.6. The Labute approximate surface area is 131 Å². The maximum Gasteiger partial charge on any atom is 0.410 e. The molecular weight excluding hydrogens is 284 g/mol. The molecule has 0 aliphatic carbocycles. The van der Waals surface area contributed by atoms with Crippen molar-refractivity contribution in [2.75, 3.05) is 13.1 Å². The number of nitrogens with zero attached hydrogens (tertiary/aromatic N) is 2. The summed E-state index contributed by atoms with van der Waals surface area (Å²) >= 11 is 1.73. The van der Waals surface area contributed by atoms with E-state index in [2.05, 4.69) is 35.6 Å². The molecule has 0 saturated carbocycles. The van der Waals surface area contributed by atoms with E-state index in [1.165, 1.54) is 5.56 Å². The van der Waals surface area contributed by atoms with Crippen LogP contribution in [-0.2, 0) is 11.3 Å². The maximum absolute atomic E-state index is 12.3. The van der Waals surface area contributed by atoms with Gasteiger partial charge in [0.2, 0.25) is 0 Å². The molecule has 0 radical (unpaired) electrons. The summed E-state index contributed by atoms with van der Waals surface area (Å²) in [7, 11) is 0. The predicted molar refractivity (Wildman–Crippen MR) is 86.6 cm³/mol. The molecule has 1 fully saturated rings. The molecule has 1 unspecified atom stereocenters. The average molecular weight is 310 g/mol. The first-order chi connectivity index (χ1) is 9.76. The van der Waals surface area contributed by atoms with Crippen LogP contribution in [0.4, 0.5) is 4.79 Å². The van der Waals surface area contributed by atoms with Crippen molar-refractivity contribution in [3.05, 3.63) is 22.4 Å². The molecule has 118 valence electrons. The van der Waals surface area contributed by atoms with Crippen LogP contribution < -0.4 is 0 Å². The van der Waals surface area contributed by atoms with Crippen molar-refractivity contribution in [1.29, 1.82) is 0 Å². The van der Waals surface area contributed by atoms with E-state index < -0.39 is 5.60 Å². The first-order valence-electron chi connectivity index (χ1n) is 7.51. The number of rotatable bonds is 2. The fourth-order valence-electron chi connectivity index (χ4n) is 2.61. The highest BCUT2D eigenvalue weighted by Crippen LogP contribution is 2.21. The second-order valence-electron chi connectivity index (χ2n) is 6.89. The molecule has 2 heterocycles. The Morgan fingerprint density at radius 2 is 2.05 bits per heavy atom. The highest BCUT2D eigenvalue weighted by Gasteiger charge is 2.34. The van der Waals surface area contributed by atoms with E-state index in [4.69, 9.17) is 4.74 Å². The van der Waals surface area contributed by atoms with E-state index in [1.807, 2.05) is 25.7 Å². The number of carbonyl (C=O) groups is 1. The third-order valence-corrected chi connectivity index (χ3v) is 4.44. The van der Waals surface area contributed by atoms with Crippen LogP contribution in [0.1, 0.15) is 40.2 Å². The topological polar surface area (TPSA) is 32.8 Å². The minimum Gasteiger partial charge on any atom is -0.444 e. The first kappa shape index (κ1) is 16.3. The fourth-order valence-corrected chi connectivity index (χ4v) is 3.27. The second-order valence-corrected chi connectivity index (χ2v) is 7.67. The van der Waals surface area contributed by atoms with E-state index in [9.17, 15) is 4.79 Å². The molecule has 21 heavy (non-hydrogen) atoms. The molecule has 2 atom stereocenters. The third-order valence-electron chi connectivity index (χ3n) is 3.71. The largest absolute Gasteiger partial charge is 0.444 e. The van der Waals surface area contributed by atoms with Crippen LogP contribution >= 0.6 is 11.3 Å². The monoisotopic (exact) mass is 310 g/mol. The summed E-state index contributed by atoms with van der Waals surface area (Å²) in [4.78, 5) is 16.6. The summed E-state index contributed by atoms with van der Waals surface area (Å²) < 4.78 is 5.51.